The van der Waals surface area contributed by atoms with Gasteiger partial charge in [-0.15, -0.1) is 0 Å². The Morgan fingerprint density at radius 3 is 2.30 bits per heavy atom. The zero-order valence-corrected chi connectivity index (χ0v) is 19.5. The first-order valence-corrected chi connectivity index (χ1v) is 10.7. The number of nitrogens with one attached hydrogen (secondary N) is 2. The molecule has 1 aromatic carbocycles. The van der Waals surface area contributed by atoms with Crippen LogP contribution in [0.25, 0.3) is 11.1 Å². The highest BCUT2D eigenvalue weighted by Gasteiger charge is 2.28. The van der Waals surface area contributed by atoms with E-state index in [4.69, 9.17) is 28.0 Å². The Kier molecular flexibility index (Phi) is 8.80. The van der Waals surface area contributed by atoms with Crippen molar-refractivity contribution in [2.75, 3.05) is 32.1 Å². The van der Waals surface area contributed by atoms with E-state index in [2.05, 4.69) is 16.0 Å². The summed E-state index contributed by atoms with van der Waals surface area (Å²) in [6.07, 6.45) is 8.96. The molecule has 9 nitrogen and oxygen atoms in total. The number of hydrogen-bond donors (Lipinski definition) is 5. The maximum atomic E-state index is 10.2. The van der Waals surface area contributed by atoms with E-state index in [1.54, 1.807) is 33.3 Å². The summed E-state index contributed by atoms with van der Waals surface area (Å²) in [4.78, 5) is 7.75. The maximum Gasteiger partial charge on any atom is 0.104 e. The van der Waals surface area contributed by atoms with Crippen molar-refractivity contribution in [1.29, 1.82) is 16.1 Å². The predicted octanol–water partition coefficient (Wildman–Crippen LogP) is 2.45. The molecular formula is C24H33N9. The summed E-state index contributed by atoms with van der Waals surface area (Å²) in [7, 11) is 3.37. The highest BCUT2D eigenvalue weighted by molar-refractivity contribution is 6.11. The fourth-order valence-electron chi connectivity index (χ4n) is 4.04. The largest absolute Gasteiger partial charge is 0.404 e. The van der Waals surface area contributed by atoms with Crippen LogP contribution < -0.4 is 22.1 Å². The second kappa shape index (κ2) is 11.5. The van der Waals surface area contributed by atoms with E-state index >= 15 is 0 Å². The zero-order chi connectivity index (χ0) is 24.5. The molecule has 1 heterocycles. The van der Waals surface area contributed by atoms with Crippen molar-refractivity contribution in [2.24, 2.45) is 28.1 Å². The van der Waals surface area contributed by atoms with Gasteiger partial charge < -0.3 is 27.0 Å². The van der Waals surface area contributed by atoms with E-state index in [9.17, 15) is 5.26 Å². The SMILES string of the molecule is CN=C/C(=C\N)c1ccc(C(/C=C(/C)N)=C/N)c(N2CCC(C(=N)N(C)C=N)CC2)c1C#N. The number of nitrogens with two attached hydrogens (primary N) is 3. The topological polar surface area (TPSA) is 168 Å². The van der Waals surface area contributed by atoms with Gasteiger partial charge in [0.1, 0.15) is 11.9 Å². The molecule has 0 unspecified atom stereocenters. The lowest BCUT2D eigenvalue weighted by Gasteiger charge is -2.37. The van der Waals surface area contributed by atoms with Crippen LogP contribution >= 0.6 is 0 Å². The number of piperidine rings is 1. The van der Waals surface area contributed by atoms with Crippen molar-refractivity contribution in [2.45, 2.75) is 19.8 Å². The molecule has 174 valence electrons. The zero-order valence-electron chi connectivity index (χ0n) is 19.5. The van der Waals surface area contributed by atoms with Crippen LogP contribution in [-0.4, -0.2) is 50.5 Å². The van der Waals surface area contributed by atoms with Crippen LogP contribution in [-0.2, 0) is 0 Å². The van der Waals surface area contributed by atoms with E-state index in [-0.39, 0.29) is 5.92 Å². The summed E-state index contributed by atoms with van der Waals surface area (Å²) in [5, 5.41) is 25.9. The van der Waals surface area contributed by atoms with Crippen LogP contribution in [0.4, 0.5) is 5.69 Å². The quantitative estimate of drug-likeness (QED) is 0.244. The van der Waals surface area contributed by atoms with Gasteiger partial charge in [-0.2, -0.15) is 5.26 Å². The lowest BCUT2D eigenvalue weighted by Crippen LogP contribution is -2.41. The predicted molar refractivity (Wildman–Crippen MR) is 137 cm³/mol. The average Bonchev–Trinajstić information content (AvgIpc) is 2.84. The Balaban J connectivity index is 2.62. The minimum Gasteiger partial charge on any atom is -0.404 e. The number of anilines is 1. The molecule has 0 radical (unpaired) electrons. The van der Waals surface area contributed by atoms with E-state index in [1.165, 1.54) is 17.3 Å². The van der Waals surface area contributed by atoms with Gasteiger partial charge in [0.15, 0.2) is 0 Å². The Hall–Kier alpha value is -4.06. The maximum absolute atomic E-state index is 10.2. The fourth-order valence-corrected chi connectivity index (χ4v) is 4.04. The van der Waals surface area contributed by atoms with Crippen molar-refractivity contribution < 1.29 is 0 Å². The molecule has 0 amide bonds. The number of allylic oxidation sites excluding steroid dienone is 4. The summed E-state index contributed by atoms with van der Waals surface area (Å²) < 4.78 is 0. The molecule has 0 aliphatic carbocycles. The van der Waals surface area contributed by atoms with Crippen LogP contribution in [0.15, 0.2) is 41.3 Å². The molecule has 1 saturated heterocycles. The number of aliphatic imine (C=N–C) groups is 1. The van der Waals surface area contributed by atoms with Gasteiger partial charge in [0.2, 0.25) is 0 Å². The van der Waals surface area contributed by atoms with E-state index in [1.807, 2.05) is 12.1 Å². The minimum atomic E-state index is 0.0486. The van der Waals surface area contributed by atoms with Gasteiger partial charge in [-0.25, -0.2) is 0 Å². The van der Waals surface area contributed by atoms with Gasteiger partial charge in [-0.1, -0.05) is 12.1 Å². The van der Waals surface area contributed by atoms with Crippen LogP contribution in [0.2, 0.25) is 0 Å². The molecule has 0 spiro atoms. The Morgan fingerprint density at radius 2 is 1.82 bits per heavy atom. The molecule has 0 saturated carbocycles. The van der Waals surface area contributed by atoms with Crippen molar-refractivity contribution in [1.82, 2.24) is 4.90 Å². The summed E-state index contributed by atoms with van der Waals surface area (Å²) in [5.41, 5.74) is 22.4. The molecule has 1 aromatic rings. The first-order chi connectivity index (χ1) is 15.8. The van der Waals surface area contributed by atoms with Gasteiger partial charge in [0.25, 0.3) is 0 Å². The Labute approximate surface area is 195 Å². The molecule has 1 aliphatic heterocycles. The van der Waals surface area contributed by atoms with Crippen molar-refractivity contribution >= 4 is 35.2 Å². The minimum absolute atomic E-state index is 0.0486. The van der Waals surface area contributed by atoms with Crippen molar-refractivity contribution in [3.05, 3.63) is 53.0 Å². The van der Waals surface area contributed by atoms with Crippen LogP contribution in [0.1, 0.15) is 36.5 Å². The number of hydrogen-bond acceptors (Lipinski definition) is 8. The molecule has 0 atom stereocenters. The number of nitrogens with zero attached hydrogens (tertiary/aromatic N) is 4. The monoisotopic (exact) mass is 447 g/mol. The summed E-state index contributed by atoms with van der Waals surface area (Å²) in [6, 6.07) is 6.14. The molecule has 1 fully saturated rings. The standard InChI is InChI=1S/C24H33N9/c1-16(29)10-18(11-25)21-5-4-20(19(12-26)14-31-2)22(13-27)23(21)33-8-6-17(7-9-33)24(30)32(3)15-28/h4-5,10-12,14-15,17,28,30H,6-9,25-26,29H2,1-3H3/b16-10-,18-11+,19-12+,28-15?,30-24?,31-14?. The normalized spacial score (nSPS) is 16.1. The van der Waals surface area contributed by atoms with Crippen LogP contribution in [0.3, 0.4) is 0 Å². The van der Waals surface area contributed by atoms with Gasteiger partial charge in [0, 0.05) is 79.7 Å². The van der Waals surface area contributed by atoms with Gasteiger partial charge in [0.05, 0.1) is 17.6 Å². The van der Waals surface area contributed by atoms with E-state index in [0.29, 0.717) is 46.9 Å². The van der Waals surface area contributed by atoms with Gasteiger partial charge in [-0.3, -0.25) is 15.8 Å². The van der Waals surface area contributed by atoms with Gasteiger partial charge >= 0.3 is 0 Å². The van der Waals surface area contributed by atoms with Crippen LogP contribution in [0.5, 0.6) is 0 Å². The highest BCUT2D eigenvalue weighted by Crippen LogP contribution is 2.37. The fraction of sp³-hybridized carbons (Fsp3) is 0.333. The molecule has 9 heteroatoms. The summed E-state index contributed by atoms with van der Waals surface area (Å²) in [5.74, 6) is 0.475. The first-order valence-electron chi connectivity index (χ1n) is 10.7. The average molecular weight is 448 g/mol. The van der Waals surface area contributed by atoms with Crippen LogP contribution in [0, 0.1) is 28.1 Å². The number of rotatable bonds is 7. The van der Waals surface area contributed by atoms with Gasteiger partial charge in [-0.05, 0) is 25.8 Å². The number of benzene rings is 1. The summed E-state index contributed by atoms with van der Waals surface area (Å²) in [6.45, 7) is 3.08. The molecule has 2 rings (SSSR count). The van der Waals surface area contributed by atoms with E-state index in [0.717, 1.165) is 30.4 Å². The van der Waals surface area contributed by atoms with Crippen molar-refractivity contribution in [3.63, 3.8) is 0 Å². The number of amidine groups is 1. The highest BCUT2D eigenvalue weighted by atomic mass is 15.2. The molecular weight excluding hydrogens is 414 g/mol. The van der Waals surface area contributed by atoms with Crippen molar-refractivity contribution in [3.8, 4) is 6.07 Å². The van der Waals surface area contributed by atoms with E-state index < -0.39 is 0 Å². The number of nitriles is 1. The summed E-state index contributed by atoms with van der Waals surface area (Å²) >= 11 is 0. The molecule has 0 bridgehead atoms. The Bertz CT molecular complexity index is 1040. The lowest BCUT2D eigenvalue weighted by atomic mass is 9.89. The third-order valence-electron chi connectivity index (χ3n) is 5.69. The third-order valence-corrected chi connectivity index (χ3v) is 5.69. The first kappa shape index (κ1) is 25.2. The second-order valence-corrected chi connectivity index (χ2v) is 7.90. The molecule has 33 heavy (non-hydrogen) atoms. The third kappa shape index (κ3) is 5.60. The molecule has 0 aromatic heterocycles. The molecule has 8 N–H and O–H groups in total. The molecule has 1 aliphatic rings. The smallest absolute Gasteiger partial charge is 0.104 e. The Morgan fingerprint density at radius 1 is 1.21 bits per heavy atom. The second-order valence-electron chi connectivity index (χ2n) is 7.90. The lowest BCUT2D eigenvalue weighted by molar-refractivity contribution is 0.472.